The van der Waals surface area contributed by atoms with Crippen LogP contribution in [0.2, 0.25) is 0 Å². The van der Waals surface area contributed by atoms with Gasteiger partial charge in [-0.2, -0.15) is 0 Å². The van der Waals surface area contributed by atoms with Crippen LogP contribution >= 0.6 is 23.1 Å². The second-order valence-electron chi connectivity index (χ2n) is 5.51. The first-order valence-electron chi connectivity index (χ1n) is 7.51. The number of thiophene rings is 1. The zero-order chi connectivity index (χ0) is 15.4. The van der Waals surface area contributed by atoms with Gasteiger partial charge in [-0.3, -0.25) is 4.79 Å². The van der Waals surface area contributed by atoms with Crippen LogP contribution in [0.15, 0.2) is 35.7 Å². The monoisotopic (exact) mass is 333 g/mol. The van der Waals surface area contributed by atoms with Gasteiger partial charge in [0.1, 0.15) is 0 Å². The van der Waals surface area contributed by atoms with Crippen LogP contribution in [-0.2, 0) is 0 Å². The Morgan fingerprint density at radius 1 is 1.23 bits per heavy atom. The van der Waals surface area contributed by atoms with E-state index in [4.69, 9.17) is 0 Å². The molecule has 0 aromatic carbocycles. The average molecular weight is 333 g/mol. The molecule has 1 fully saturated rings. The van der Waals surface area contributed by atoms with E-state index >= 15 is 0 Å². The molecule has 1 aliphatic carbocycles. The molecule has 116 valence electrons. The van der Waals surface area contributed by atoms with E-state index in [1.165, 1.54) is 4.88 Å². The maximum absolute atomic E-state index is 12.2. The Labute approximate surface area is 138 Å². The Bertz CT molecular complexity index is 621. The molecule has 0 atom stereocenters. The molecule has 3 rings (SSSR count). The van der Waals surface area contributed by atoms with E-state index in [0.29, 0.717) is 11.3 Å². The van der Waals surface area contributed by atoms with Crippen LogP contribution in [0.25, 0.3) is 0 Å². The summed E-state index contributed by atoms with van der Waals surface area (Å²) in [5.41, 5.74) is 0. The molecule has 2 heterocycles. The van der Waals surface area contributed by atoms with Gasteiger partial charge in [-0.25, -0.2) is 9.97 Å². The molecule has 1 aliphatic rings. The van der Waals surface area contributed by atoms with Crippen LogP contribution < -0.4 is 5.32 Å². The number of aryl methyl sites for hydroxylation is 1. The first-order valence-corrected chi connectivity index (χ1v) is 9.21. The maximum Gasteiger partial charge on any atom is 0.261 e. The molecule has 1 saturated carbocycles. The van der Waals surface area contributed by atoms with Crippen molar-refractivity contribution in [2.45, 2.75) is 49.1 Å². The minimum absolute atomic E-state index is 0.0700. The lowest BCUT2D eigenvalue weighted by Crippen LogP contribution is -2.37. The average Bonchev–Trinajstić information content (AvgIpc) is 2.97. The number of carbonyl (C=O) groups excluding carboxylic acids is 1. The van der Waals surface area contributed by atoms with Crippen molar-refractivity contribution in [3.63, 3.8) is 0 Å². The fourth-order valence-electron chi connectivity index (χ4n) is 2.63. The normalized spacial score (nSPS) is 21.5. The summed E-state index contributed by atoms with van der Waals surface area (Å²) in [7, 11) is 0. The quantitative estimate of drug-likeness (QED) is 0.867. The van der Waals surface area contributed by atoms with Gasteiger partial charge in [-0.1, -0.05) is 11.8 Å². The molecule has 0 radical (unpaired) electrons. The number of aromatic nitrogens is 2. The lowest BCUT2D eigenvalue weighted by molar-refractivity contribution is 0.0932. The summed E-state index contributed by atoms with van der Waals surface area (Å²) in [6.45, 7) is 2.02. The number of nitrogens with one attached hydrogen (secondary N) is 1. The fraction of sp³-hybridized carbons (Fsp3) is 0.438. The van der Waals surface area contributed by atoms with Gasteiger partial charge < -0.3 is 5.32 Å². The van der Waals surface area contributed by atoms with Crippen LogP contribution in [0.1, 0.15) is 40.2 Å². The highest BCUT2D eigenvalue weighted by Gasteiger charge is 2.24. The number of nitrogens with zero attached hydrogens (tertiary/aromatic N) is 2. The molecular weight excluding hydrogens is 314 g/mol. The second-order valence-corrected chi connectivity index (χ2v) is 8.06. The van der Waals surface area contributed by atoms with Crippen molar-refractivity contribution in [1.82, 2.24) is 15.3 Å². The van der Waals surface area contributed by atoms with Gasteiger partial charge in [-0.05, 0) is 50.8 Å². The molecule has 1 N–H and O–H groups in total. The molecule has 22 heavy (non-hydrogen) atoms. The SMILES string of the molecule is Cc1ccc(C(=O)NC2CCC(Sc3ncccn3)CC2)s1. The number of hydrogen-bond acceptors (Lipinski definition) is 5. The van der Waals surface area contributed by atoms with E-state index in [-0.39, 0.29) is 5.91 Å². The fourth-order valence-corrected chi connectivity index (χ4v) is 4.45. The van der Waals surface area contributed by atoms with Crippen molar-refractivity contribution in [1.29, 1.82) is 0 Å². The predicted molar refractivity (Wildman–Crippen MR) is 90.5 cm³/mol. The smallest absolute Gasteiger partial charge is 0.261 e. The third-order valence-electron chi connectivity index (χ3n) is 3.79. The van der Waals surface area contributed by atoms with Crippen molar-refractivity contribution >= 4 is 29.0 Å². The van der Waals surface area contributed by atoms with Crippen molar-refractivity contribution in [3.05, 3.63) is 40.3 Å². The molecular formula is C16H19N3OS2. The molecule has 0 unspecified atom stereocenters. The van der Waals surface area contributed by atoms with Gasteiger partial charge in [0, 0.05) is 28.6 Å². The Balaban J connectivity index is 1.46. The van der Waals surface area contributed by atoms with E-state index < -0.39 is 0 Å². The molecule has 0 spiro atoms. The van der Waals surface area contributed by atoms with Gasteiger partial charge >= 0.3 is 0 Å². The topological polar surface area (TPSA) is 54.9 Å². The van der Waals surface area contributed by atoms with E-state index in [1.807, 2.05) is 25.1 Å². The zero-order valence-electron chi connectivity index (χ0n) is 12.5. The van der Waals surface area contributed by atoms with Crippen molar-refractivity contribution in [2.75, 3.05) is 0 Å². The standard InChI is InChI=1S/C16H19N3OS2/c1-11-3-8-14(21-11)15(20)19-12-4-6-13(7-5-12)22-16-17-9-2-10-18-16/h2-3,8-10,12-13H,4-7H2,1H3,(H,19,20). The number of rotatable bonds is 4. The Hall–Kier alpha value is -1.40. The molecule has 4 nitrogen and oxygen atoms in total. The van der Waals surface area contributed by atoms with Gasteiger partial charge in [0.05, 0.1) is 4.88 Å². The minimum atomic E-state index is 0.0700. The first-order chi connectivity index (χ1) is 10.7. The largest absolute Gasteiger partial charge is 0.349 e. The third kappa shape index (κ3) is 4.08. The van der Waals surface area contributed by atoms with E-state index in [0.717, 1.165) is 35.7 Å². The molecule has 6 heteroatoms. The maximum atomic E-state index is 12.2. The summed E-state index contributed by atoms with van der Waals surface area (Å²) >= 11 is 3.31. The first kappa shape index (κ1) is 15.5. The van der Waals surface area contributed by atoms with Crippen LogP contribution in [0.3, 0.4) is 0 Å². The Morgan fingerprint density at radius 3 is 2.59 bits per heavy atom. The van der Waals surface area contributed by atoms with E-state index in [2.05, 4.69) is 15.3 Å². The highest BCUT2D eigenvalue weighted by molar-refractivity contribution is 7.99. The summed E-state index contributed by atoms with van der Waals surface area (Å²) < 4.78 is 0. The third-order valence-corrected chi connectivity index (χ3v) is 6.01. The predicted octanol–water partition coefficient (Wildman–Crippen LogP) is 3.68. The van der Waals surface area contributed by atoms with Gasteiger partial charge in [0.25, 0.3) is 5.91 Å². The molecule has 0 saturated heterocycles. The van der Waals surface area contributed by atoms with E-state index in [1.54, 1.807) is 35.5 Å². The summed E-state index contributed by atoms with van der Waals surface area (Å²) in [5, 5.41) is 4.57. The summed E-state index contributed by atoms with van der Waals surface area (Å²) in [5.74, 6) is 0.0700. The summed E-state index contributed by atoms with van der Waals surface area (Å²) in [6.07, 6.45) is 7.81. The second kappa shape index (κ2) is 7.24. The van der Waals surface area contributed by atoms with Crippen LogP contribution in [0, 0.1) is 6.92 Å². The molecule has 1 amide bonds. The lowest BCUT2D eigenvalue weighted by Gasteiger charge is -2.28. The van der Waals surface area contributed by atoms with Gasteiger partial charge in [-0.15, -0.1) is 11.3 Å². The van der Waals surface area contributed by atoms with E-state index in [9.17, 15) is 4.79 Å². The van der Waals surface area contributed by atoms with Crippen molar-refractivity contribution < 1.29 is 4.79 Å². The molecule has 0 aliphatic heterocycles. The molecule has 2 aromatic rings. The zero-order valence-corrected chi connectivity index (χ0v) is 14.1. The highest BCUT2D eigenvalue weighted by Crippen LogP contribution is 2.32. The highest BCUT2D eigenvalue weighted by atomic mass is 32.2. The van der Waals surface area contributed by atoms with Crippen molar-refractivity contribution in [2.24, 2.45) is 0 Å². The Kier molecular flexibility index (Phi) is 5.10. The number of thioether (sulfide) groups is 1. The van der Waals surface area contributed by atoms with Gasteiger partial charge in [0.15, 0.2) is 5.16 Å². The van der Waals surface area contributed by atoms with Crippen LogP contribution in [0.4, 0.5) is 0 Å². The minimum Gasteiger partial charge on any atom is -0.349 e. The number of amides is 1. The van der Waals surface area contributed by atoms with Crippen LogP contribution in [0.5, 0.6) is 0 Å². The number of carbonyl (C=O) groups is 1. The lowest BCUT2D eigenvalue weighted by atomic mass is 9.95. The number of hydrogen-bond donors (Lipinski definition) is 1. The summed E-state index contributed by atoms with van der Waals surface area (Å²) in [4.78, 5) is 22.7. The summed E-state index contributed by atoms with van der Waals surface area (Å²) in [6, 6.07) is 6.03. The van der Waals surface area contributed by atoms with Gasteiger partial charge in [0.2, 0.25) is 0 Å². The molecule has 0 bridgehead atoms. The van der Waals surface area contributed by atoms with Crippen molar-refractivity contribution in [3.8, 4) is 0 Å². The Morgan fingerprint density at radius 2 is 1.95 bits per heavy atom. The van der Waals surface area contributed by atoms with Crippen LogP contribution in [-0.4, -0.2) is 27.2 Å². The molecule has 2 aromatic heterocycles.